The fourth-order valence-electron chi connectivity index (χ4n) is 7.14. The summed E-state index contributed by atoms with van der Waals surface area (Å²) in [4.78, 5) is 13.4. The molecular formula is C30H34F5NO4S. The number of rotatable bonds is 5. The summed E-state index contributed by atoms with van der Waals surface area (Å²) in [6.45, 7) is 2.19. The number of fused-ring (bicyclic) bond motifs is 3. The van der Waals surface area contributed by atoms with Gasteiger partial charge in [0.2, 0.25) is 11.6 Å². The van der Waals surface area contributed by atoms with Crippen molar-refractivity contribution in [2.24, 2.45) is 11.8 Å². The molecule has 41 heavy (non-hydrogen) atoms. The largest absolute Gasteiger partial charge is 0.426 e. The van der Waals surface area contributed by atoms with Crippen LogP contribution in [-0.4, -0.2) is 37.3 Å². The van der Waals surface area contributed by atoms with Gasteiger partial charge in [-0.25, -0.2) is 17.2 Å². The minimum atomic E-state index is -5.17. The summed E-state index contributed by atoms with van der Waals surface area (Å²) in [5, 5.41) is 13.3. The molecule has 0 spiro atoms. The maximum absolute atomic E-state index is 14.9. The molecule has 5 rings (SSSR count). The van der Waals surface area contributed by atoms with Crippen molar-refractivity contribution in [2.75, 3.05) is 0 Å². The minimum Gasteiger partial charge on any atom is -0.390 e. The molecule has 1 amide bonds. The van der Waals surface area contributed by atoms with Crippen LogP contribution < -0.4 is 5.32 Å². The number of amides is 1. The molecule has 2 aromatic carbocycles. The molecule has 2 N–H and O–H groups in total. The second-order valence-electron chi connectivity index (χ2n) is 12.3. The van der Waals surface area contributed by atoms with Crippen LogP contribution in [0.3, 0.4) is 0 Å². The molecule has 2 aromatic rings. The molecule has 1 unspecified atom stereocenters. The van der Waals surface area contributed by atoms with Gasteiger partial charge in [0.25, 0.3) is 0 Å². The molecule has 2 fully saturated rings. The zero-order valence-electron chi connectivity index (χ0n) is 22.9. The van der Waals surface area contributed by atoms with Gasteiger partial charge in [0, 0.05) is 12.0 Å². The summed E-state index contributed by atoms with van der Waals surface area (Å²) >= 11 is 0. The lowest BCUT2D eigenvalue weighted by atomic mass is 9.72. The third kappa shape index (κ3) is 4.96. The summed E-state index contributed by atoms with van der Waals surface area (Å²) in [5.41, 5.74) is -4.47. The van der Waals surface area contributed by atoms with Crippen LogP contribution in [0.1, 0.15) is 75.5 Å². The third-order valence-corrected chi connectivity index (χ3v) is 12.2. The highest BCUT2D eigenvalue weighted by Crippen LogP contribution is 2.59. The van der Waals surface area contributed by atoms with Crippen molar-refractivity contribution in [1.29, 1.82) is 0 Å². The van der Waals surface area contributed by atoms with Crippen molar-refractivity contribution in [1.82, 2.24) is 5.32 Å². The second kappa shape index (κ2) is 10.0. The van der Waals surface area contributed by atoms with Crippen LogP contribution >= 0.6 is 0 Å². The number of nitrogens with one attached hydrogen (secondary N) is 1. The Morgan fingerprint density at radius 1 is 0.976 bits per heavy atom. The van der Waals surface area contributed by atoms with Gasteiger partial charge in [-0.3, -0.25) is 4.79 Å². The lowest BCUT2D eigenvalue weighted by Gasteiger charge is -2.42. The molecule has 0 saturated heterocycles. The predicted octanol–water partition coefficient (Wildman–Crippen LogP) is 6.02. The van der Waals surface area contributed by atoms with Gasteiger partial charge in [0.05, 0.1) is 10.5 Å². The number of benzene rings is 2. The quantitative estimate of drug-likeness (QED) is 0.325. The molecule has 0 heterocycles. The zero-order valence-corrected chi connectivity index (χ0v) is 23.7. The van der Waals surface area contributed by atoms with Crippen molar-refractivity contribution in [3.63, 3.8) is 0 Å². The molecule has 5 nitrogen and oxygen atoms in total. The van der Waals surface area contributed by atoms with E-state index in [1.807, 2.05) is 0 Å². The fraction of sp³-hybridized carbons (Fsp3) is 0.567. The number of hydrogen-bond donors (Lipinski definition) is 2. The Morgan fingerprint density at radius 2 is 1.61 bits per heavy atom. The summed E-state index contributed by atoms with van der Waals surface area (Å²) in [7, 11) is -4.28. The molecule has 0 aliphatic heterocycles. The molecule has 0 bridgehead atoms. The molecule has 4 atom stereocenters. The Hall–Kier alpha value is -2.53. The number of sulfone groups is 1. The van der Waals surface area contributed by atoms with E-state index >= 15 is 0 Å². The van der Waals surface area contributed by atoms with Crippen LogP contribution in [0, 0.1) is 17.7 Å². The Balaban J connectivity index is 1.56. The first-order chi connectivity index (χ1) is 19.0. The van der Waals surface area contributed by atoms with Crippen LogP contribution in [-0.2, 0) is 31.5 Å². The van der Waals surface area contributed by atoms with E-state index in [0.29, 0.717) is 38.2 Å². The van der Waals surface area contributed by atoms with Crippen molar-refractivity contribution in [2.45, 2.75) is 98.3 Å². The van der Waals surface area contributed by atoms with Gasteiger partial charge in [-0.1, -0.05) is 18.2 Å². The van der Waals surface area contributed by atoms with Gasteiger partial charge in [0.15, 0.2) is 9.84 Å². The number of hydrogen-bond acceptors (Lipinski definition) is 4. The molecule has 0 aromatic heterocycles. The van der Waals surface area contributed by atoms with Crippen molar-refractivity contribution in [3.8, 4) is 0 Å². The van der Waals surface area contributed by atoms with Crippen molar-refractivity contribution in [3.05, 3.63) is 65.0 Å². The lowest BCUT2D eigenvalue weighted by molar-refractivity contribution is -0.228. The molecular weight excluding hydrogens is 565 g/mol. The molecule has 3 aliphatic rings. The van der Waals surface area contributed by atoms with Gasteiger partial charge in [-0.05, 0) is 112 Å². The van der Waals surface area contributed by atoms with Gasteiger partial charge in [-0.2, -0.15) is 13.2 Å². The first kappa shape index (κ1) is 29.9. The zero-order chi connectivity index (χ0) is 30.0. The Bertz CT molecular complexity index is 1430. The monoisotopic (exact) mass is 599 g/mol. The van der Waals surface area contributed by atoms with E-state index in [4.69, 9.17) is 0 Å². The highest BCUT2D eigenvalue weighted by molar-refractivity contribution is 7.92. The summed E-state index contributed by atoms with van der Waals surface area (Å²) in [6.07, 6.45) is -2.31. The Morgan fingerprint density at radius 3 is 2.22 bits per heavy atom. The Kier molecular flexibility index (Phi) is 7.33. The maximum atomic E-state index is 14.9. The van der Waals surface area contributed by atoms with Gasteiger partial charge >= 0.3 is 6.18 Å². The number of carbonyl (C=O) groups is 1. The van der Waals surface area contributed by atoms with Gasteiger partial charge in [-0.15, -0.1) is 0 Å². The summed E-state index contributed by atoms with van der Waals surface area (Å²) < 4.78 is 96.3. The van der Waals surface area contributed by atoms with Gasteiger partial charge in [0.1, 0.15) is 10.6 Å². The summed E-state index contributed by atoms with van der Waals surface area (Å²) in [5.74, 6) is -2.29. The molecule has 3 aliphatic carbocycles. The lowest BCUT2D eigenvalue weighted by Crippen LogP contribution is -2.49. The maximum Gasteiger partial charge on any atom is 0.426 e. The number of aryl methyl sites for hydroxylation is 1. The highest BCUT2D eigenvalue weighted by Gasteiger charge is 2.62. The minimum absolute atomic E-state index is 0.0351. The number of aliphatic hydroxyl groups is 1. The second-order valence-corrected chi connectivity index (χ2v) is 14.5. The van der Waals surface area contributed by atoms with E-state index in [0.717, 1.165) is 36.4 Å². The van der Waals surface area contributed by atoms with Crippen molar-refractivity contribution < 1.29 is 40.3 Å². The molecule has 224 valence electrons. The van der Waals surface area contributed by atoms with Crippen molar-refractivity contribution >= 4 is 15.7 Å². The van der Waals surface area contributed by atoms with E-state index in [9.17, 15) is 40.3 Å². The predicted molar refractivity (Wildman–Crippen MR) is 142 cm³/mol. The number of halogens is 5. The van der Waals surface area contributed by atoms with E-state index in [1.165, 1.54) is 6.07 Å². The fourth-order valence-corrected chi connectivity index (χ4v) is 9.61. The van der Waals surface area contributed by atoms with E-state index < -0.39 is 55.2 Å². The first-order valence-electron chi connectivity index (χ1n) is 13.9. The Labute approximate surface area is 236 Å². The van der Waals surface area contributed by atoms with Crippen LogP contribution in [0.5, 0.6) is 0 Å². The molecule has 0 radical (unpaired) electrons. The topological polar surface area (TPSA) is 83.5 Å². The molecule has 2 saturated carbocycles. The number of carbonyl (C=O) groups excluding carboxylic acids is 1. The van der Waals surface area contributed by atoms with Crippen LogP contribution in [0.25, 0.3) is 0 Å². The first-order valence-corrected chi connectivity index (χ1v) is 15.4. The normalized spacial score (nSPS) is 31.6. The average Bonchev–Trinajstić information content (AvgIpc) is 3.31. The average molecular weight is 600 g/mol. The molecule has 11 heteroatoms. The van der Waals surface area contributed by atoms with Crippen LogP contribution in [0.2, 0.25) is 0 Å². The van der Waals surface area contributed by atoms with Crippen LogP contribution in [0.4, 0.5) is 22.0 Å². The third-order valence-electron chi connectivity index (χ3n) is 9.62. The summed E-state index contributed by atoms with van der Waals surface area (Å²) in [6, 6.07) is 7.56. The van der Waals surface area contributed by atoms with E-state index in [2.05, 4.69) is 5.32 Å². The van der Waals surface area contributed by atoms with E-state index in [1.54, 1.807) is 6.92 Å². The smallest absolute Gasteiger partial charge is 0.390 e. The van der Waals surface area contributed by atoms with Gasteiger partial charge < -0.3 is 10.4 Å². The van der Waals surface area contributed by atoms with E-state index in [-0.39, 0.29) is 48.1 Å². The standard InChI is InChI=1S/C30H34F5NO4S/c1-27(38)14-11-21(12-15-27)36-26(37)23-13-16-29(41(39,40)22-7-5-20(31)6-8-22)24-10-4-19(28(2,32)30(33,34)35)17-18(24)3-9-25(23)29/h4-8,10,17,21,23,25,38H,3,9,11-16H2,1-2H3,(H,36,37)/t21?,23-,25+,27?,28?,29-/m1/s1. The SMILES string of the molecule is CC1(O)CCC(NC(=O)[C@@H]2CC[C@@]3(S(=O)(=O)c4ccc(F)cc4)c4ccc(C(C)(F)C(F)(F)F)cc4CC[C@@H]23)CC1. The van der Waals surface area contributed by atoms with Crippen LogP contribution in [0.15, 0.2) is 47.4 Å². The highest BCUT2D eigenvalue weighted by atomic mass is 32.2. The number of alkyl halides is 4.